The molecule has 2 rings (SSSR count). The van der Waals surface area contributed by atoms with Crippen LogP contribution in [0.1, 0.15) is 29.4 Å². The maximum absolute atomic E-state index is 13.7. The number of nitrogens with one attached hydrogen (secondary N) is 2. The highest BCUT2D eigenvalue weighted by molar-refractivity contribution is 7.92. The van der Waals surface area contributed by atoms with Crippen LogP contribution in [0.25, 0.3) is 0 Å². The van der Waals surface area contributed by atoms with Crippen molar-refractivity contribution in [1.82, 2.24) is 15.6 Å². The molecule has 4 N–H and O–H groups in total. The minimum Gasteiger partial charge on any atom is -0.388 e. The van der Waals surface area contributed by atoms with E-state index in [9.17, 15) is 37.0 Å². The maximum Gasteiger partial charge on any atom is 0.271 e. The molecule has 36 heavy (non-hydrogen) atoms. The van der Waals surface area contributed by atoms with Gasteiger partial charge in [-0.3, -0.25) is 9.59 Å². The fraction of sp³-hybridized carbons (Fsp3) is 0.429. The van der Waals surface area contributed by atoms with Crippen LogP contribution in [-0.4, -0.2) is 73.0 Å². The number of nitriles is 1. The fourth-order valence-electron chi connectivity index (χ4n) is 3.23. The third kappa shape index (κ3) is 7.92. The molecule has 1 aromatic carbocycles. The second-order valence-corrected chi connectivity index (χ2v) is 10.8. The predicted molar refractivity (Wildman–Crippen MR) is 127 cm³/mol. The minimum absolute atomic E-state index is 0.00766. The van der Waals surface area contributed by atoms with Crippen LogP contribution in [0.5, 0.6) is 0 Å². The highest BCUT2D eigenvalue weighted by Crippen LogP contribution is 2.22. The molecule has 0 aliphatic heterocycles. The number of amides is 2. The van der Waals surface area contributed by atoms with Crippen LogP contribution in [0.4, 0.5) is 13.9 Å². The molecule has 4 atom stereocenters. The SMILES string of the molecule is CC(=O)NC(CC#N)C(O)C(O)C(Cc1cc(F)cc(F)c1)NC(=O)c1csc(N(C)S(C)(=O)=O)n1. The number of carbonyl (C=O) groups is 2. The summed E-state index contributed by atoms with van der Waals surface area (Å²) >= 11 is 0.861. The van der Waals surface area contributed by atoms with Crippen LogP contribution in [0.2, 0.25) is 0 Å². The Bertz CT molecular complexity index is 1230. The lowest BCUT2D eigenvalue weighted by Gasteiger charge is -2.31. The second kappa shape index (κ2) is 12.2. The van der Waals surface area contributed by atoms with Gasteiger partial charge in [0.15, 0.2) is 5.13 Å². The number of anilines is 1. The van der Waals surface area contributed by atoms with Crippen molar-refractivity contribution in [2.75, 3.05) is 17.6 Å². The number of aliphatic hydroxyl groups is 2. The van der Waals surface area contributed by atoms with Gasteiger partial charge in [0, 0.05) is 25.4 Å². The first kappa shape index (κ1) is 29.0. The first-order chi connectivity index (χ1) is 16.7. The number of sulfonamides is 1. The normalized spacial score (nSPS) is 14.7. The van der Waals surface area contributed by atoms with Gasteiger partial charge in [-0.1, -0.05) is 0 Å². The van der Waals surface area contributed by atoms with Crippen LogP contribution < -0.4 is 14.9 Å². The van der Waals surface area contributed by atoms with Crippen molar-refractivity contribution in [1.29, 1.82) is 5.26 Å². The third-order valence-corrected chi connectivity index (χ3v) is 7.26. The summed E-state index contributed by atoms with van der Waals surface area (Å²) in [7, 11) is -2.40. The number of rotatable bonds is 11. The quantitative estimate of drug-likeness (QED) is 0.312. The van der Waals surface area contributed by atoms with Gasteiger partial charge in [-0.05, 0) is 24.1 Å². The lowest BCUT2D eigenvalue weighted by Crippen LogP contribution is -2.56. The predicted octanol–water partition coefficient (Wildman–Crippen LogP) is 0.298. The summed E-state index contributed by atoms with van der Waals surface area (Å²) in [5.41, 5.74) is -0.172. The number of hydrogen-bond donors (Lipinski definition) is 4. The first-order valence-electron chi connectivity index (χ1n) is 10.4. The van der Waals surface area contributed by atoms with Crippen molar-refractivity contribution in [2.24, 2.45) is 0 Å². The zero-order valence-electron chi connectivity index (χ0n) is 19.5. The van der Waals surface area contributed by atoms with Crippen LogP contribution in [0, 0.1) is 23.0 Å². The molecule has 15 heteroatoms. The molecule has 0 aliphatic carbocycles. The average molecular weight is 546 g/mol. The summed E-state index contributed by atoms with van der Waals surface area (Å²) in [5, 5.41) is 36.6. The lowest BCUT2D eigenvalue weighted by atomic mass is 9.92. The Morgan fingerprint density at radius 2 is 1.75 bits per heavy atom. The number of halogens is 2. The van der Waals surface area contributed by atoms with Gasteiger partial charge in [0.2, 0.25) is 15.9 Å². The molecule has 4 unspecified atom stereocenters. The number of thiazole rings is 1. The summed E-state index contributed by atoms with van der Waals surface area (Å²) in [6, 6.07) is 1.79. The molecule has 1 aromatic heterocycles. The van der Waals surface area contributed by atoms with Gasteiger partial charge in [0.05, 0.1) is 30.8 Å². The van der Waals surface area contributed by atoms with Gasteiger partial charge in [-0.15, -0.1) is 11.3 Å². The third-order valence-electron chi connectivity index (χ3n) is 5.06. The van der Waals surface area contributed by atoms with E-state index in [0.29, 0.717) is 6.07 Å². The van der Waals surface area contributed by atoms with Crippen molar-refractivity contribution in [3.63, 3.8) is 0 Å². The largest absolute Gasteiger partial charge is 0.388 e. The van der Waals surface area contributed by atoms with Crippen molar-refractivity contribution in [3.05, 3.63) is 46.5 Å². The molecular weight excluding hydrogens is 520 g/mol. The van der Waals surface area contributed by atoms with Gasteiger partial charge < -0.3 is 20.8 Å². The molecular formula is C21H25F2N5O6S2. The van der Waals surface area contributed by atoms with E-state index in [0.717, 1.165) is 41.0 Å². The van der Waals surface area contributed by atoms with E-state index in [1.54, 1.807) is 6.07 Å². The number of benzene rings is 1. The van der Waals surface area contributed by atoms with Crippen LogP contribution >= 0.6 is 11.3 Å². The van der Waals surface area contributed by atoms with Crippen molar-refractivity contribution in [2.45, 2.75) is 44.1 Å². The molecule has 196 valence electrons. The van der Waals surface area contributed by atoms with E-state index in [2.05, 4.69) is 15.6 Å². The molecule has 0 saturated carbocycles. The summed E-state index contributed by atoms with van der Waals surface area (Å²) < 4.78 is 51.8. The Morgan fingerprint density at radius 3 is 2.28 bits per heavy atom. The average Bonchev–Trinajstić information content (AvgIpc) is 3.25. The topological polar surface area (TPSA) is 173 Å². The van der Waals surface area contributed by atoms with E-state index in [-0.39, 0.29) is 29.2 Å². The lowest BCUT2D eigenvalue weighted by molar-refractivity contribution is -0.121. The van der Waals surface area contributed by atoms with Gasteiger partial charge in [-0.25, -0.2) is 26.5 Å². The smallest absolute Gasteiger partial charge is 0.271 e. The molecule has 0 saturated heterocycles. The van der Waals surface area contributed by atoms with Gasteiger partial charge in [0.1, 0.15) is 29.5 Å². The first-order valence-corrected chi connectivity index (χ1v) is 13.1. The molecule has 0 fully saturated rings. The number of carbonyl (C=O) groups excluding carboxylic acids is 2. The molecule has 2 amide bonds. The molecule has 0 aliphatic rings. The highest BCUT2D eigenvalue weighted by Gasteiger charge is 2.34. The molecule has 11 nitrogen and oxygen atoms in total. The molecule has 0 radical (unpaired) electrons. The zero-order chi connectivity index (χ0) is 27.2. The molecule has 2 aromatic rings. The maximum atomic E-state index is 13.7. The van der Waals surface area contributed by atoms with Crippen LogP contribution in [-0.2, 0) is 21.2 Å². The van der Waals surface area contributed by atoms with Crippen molar-refractivity contribution >= 4 is 38.3 Å². The van der Waals surface area contributed by atoms with Gasteiger partial charge in [-0.2, -0.15) is 5.26 Å². The highest BCUT2D eigenvalue weighted by atomic mass is 32.2. The fourth-order valence-corrected chi connectivity index (χ4v) is 4.77. The van der Waals surface area contributed by atoms with Gasteiger partial charge >= 0.3 is 0 Å². The van der Waals surface area contributed by atoms with Crippen LogP contribution in [0.15, 0.2) is 23.6 Å². The number of aromatic nitrogens is 1. The van der Waals surface area contributed by atoms with Crippen molar-refractivity contribution < 1.29 is 37.0 Å². The monoisotopic (exact) mass is 545 g/mol. The van der Waals surface area contributed by atoms with E-state index in [1.807, 2.05) is 0 Å². The number of hydrogen-bond acceptors (Lipinski definition) is 9. The van der Waals surface area contributed by atoms with E-state index < -0.39 is 57.8 Å². The van der Waals surface area contributed by atoms with E-state index >= 15 is 0 Å². The van der Waals surface area contributed by atoms with E-state index in [1.165, 1.54) is 12.4 Å². The van der Waals surface area contributed by atoms with Crippen molar-refractivity contribution in [3.8, 4) is 6.07 Å². The summed E-state index contributed by atoms with van der Waals surface area (Å²) in [6.07, 6.45) is -3.33. The Labute approximate surface area is 210 Å². The molecule has 0 bridgehead atoms. The Balaban J connectivity index is 2.36. The zero-order valence-corrected chi connectivity index (χ0v) is 21.1. The number of aliphatic hydroxyl groups excluding tert-OH is 2. The Hall–Kier alpha value is -3.19. The molecule has 0 spiro atoms. The van der Waals surface area contributed by atoms with E-state index in [4.69, 9.17) is 5.26 Å². The Morgan fingerprint density at radius 1 is 1.17 bits per heavy atom. The van der Waals surface area contributed by atoms with Gasteiger partial charge in [0.25, 0.3) is 5.91 Å². The number of nitrogens with zero attached hydrogens (tertiary/aromatic N) is 3. The summed E-state index contributed by atoms with van der Waals surface area (Å²) in [6.45, 7) is 1.14. The standard InChI is InChI=1S/C21H25F2N5O6S2/c1-11(29)25-15(4-5-24)18(30)19(31)16(8-12-6-13(22)9-14(23)7-12)26-20(32)17-10-35-21(27-17)28(2)36(3,33)34/h6-7,9-10,15-16,18-19,30-31H,4,8H2,1-3H3,(H,25,29)(H,26,32). The molecule has 1 heterocycles. The second-order valence-electron chi connectivity index (χ2n) is 7.96. The Kier molecular flexibility index (Phi) is 9.82. The minimum atomic E-state index is -3.65. The van der Waals surface area contributed by atoms with Crippen LogP contribution in [0.3, 0.4) is 0 Å². The summed E-state index contributed by atoms with van der Waals surface area (Å²) in [4.78, 5) is 28.3. The summed E-state index contributed by atoms with van der Waals surface area (Å²) in [5.74, 6) is -3.26.